The van der Waals surface area contributed by atoms with E-state index in [-0.39, 0.29) is 11.5 Å². The predicted octanol–water partition coefficient (Wildman–Crippen LogP) is 4.10. The molecule has 3 rings (SSSR count). The Morgan fingerprint density at radius 2 is 1.66 bits per heavy atom. The van der Waals surface area contributed by atoms with Crippen molar-refractivity contribution in [3.8, 4) is 5.75 Å². The Morgan fingerprint density at radius 3 is 2.38 bits per heavy atom. The maximum atomic E-state index is 13.5. The molecule has 0 spiro atoms. The number of carbonyl (C=O) groups is 2. The van der Waals surface area contributed by atoms with E-state index in [2.05, 4.69) is 0 Å². The molecule has 150 valence electrons. The van der Waals surface area contributed by atoms with Crippen LogP contribution in [0.4, 0.5) is 4.39 Å². The number of nitrogens with zero attached hydrogens (tertiary/aromatic N) is 1. The number of hydrogen-bond donors (Lipinski definition) is 0. The fourth-order valence-corrected chi connectivity index (χ4v) is 3.06. The van der Waals surface area contributed by atoms with Gasteiger partial charge in [-0.3, -0.25) is 4.79 Å². The molecule has 6 heteroatoms. The first-order valence-electron chi connectivity index (χ1n) is 9.22. The van der Waals surface area contributed by atoms with Gasteiger partial charge in [-0.05, 0) is 37.6 Å². The molecular weight excluding hydrogens is 373 g/mol. The summed E-state index contributed by atoms with van der Waals surface area (Å²) in [5, 5.41) is 0. The SMILES string of the molecule is Cc1cc(C(=O)COC(=O)COc2ccccc2F)c(C)n1Cc1ccccc1. The summed E-state index contributed by atoms with van der Waals surface area (Å²) < 4.78 is 25.6. The van der Waals surface area contributed by atoms with Crippen LogP contribution in [0.3, 0.4) is 0 Å². The molecule has 2 aromatic carbocycles. The molecule has 3 aromatic rings. The number of aryl methyl sites for hydroxylation is 1. The summed E-state index contributed by atoms with van der Waals surface area (Å²) in [6, 6.07) is 17.5. The van der Waals surface area contributed by atoms with Crippen molar-refractivity contribution < 1.29 is 23.5 Å². The molecule has 1 heterocycles. The molecule has 0 aliphatic carbocycles. The zero-order chi connectivity index (χ0) is 20.8. The zero-order valence-electron chi connectivity index (χ0n) is 16.4. The first-order chi connectivity index (χ1) is 14.0. The summed E-state index contributed by atoms with van der Waals surface area (Å²) in [5.41, 5.74) is 3.41. The normalized spacial score (nSPS) is 10.6. The molecule has 0 saturated heterocycles. The molecule has 0 saturated carbocycles. The minimum atomic E-state index is -0.736. The Hall–Kier alpha value is -3.41. The van der Waals surface area contributed by atoms with E-state index in [1.54, 1.807) is 12.1 Å². The van der Waals surface area contributed by atoms with Crippen molar-refractivity contribution >= 4 is 11.8 Å². The van der Waals surface area contributed by atoms with Crippen LogP contribution in [0.15, 0.2) is 60.7 Å². The Kier molecular flexibility index (Phi) is 6.44. The van der Waals surface area contributed by atoms with Crippen LogP contribution in [-0.2, 0) is 16.1 Å². The standard InChI is InChI=1S/C23H22FNO4/c1-16-12-19(17(2)25(16)13-18-8-4-3-5-9-18)21(26)14-29-23(27)15-28-22-11-7-6-10-20(22)24/h3-12H,13-15H2,1-2H3. The third-order valence-corrected chi connectivity index (χ3v) is 4.60. The van der Waals surface area contributed by atoms with Crippen molar-refractivity contribution in [2.45, 2.75) is 20.4 Å². The van der Waals surface area contributed by atoms with Gasteiger partial charge >= 0.3 is 5.97 Å². The zero-order valence-corrected chi connectivity index (χ0v) is 16.4. The highest BCUT2D eigenvalue weighted by atomic mass is 19.1. The maximum Gasteiger partial charge on any atom is 0.344 e. The fourth-order valence-electron chi connectivity index (χ4n) is 3.06. The van der Waals surface area contributed by atoms with Gasteiger partial charge in [0.2, 0.25) is 5.78 Å². The predicted molar refractivity (Wildman–Crippen MR) is 107 cm³/mol. The molecular formula is C23H22FNO4. The second kappa shape index (κ2) is 9.19. The molecule has 0 fully saturated rings. The van der Waals surface area contributed by atoms with Crippen molar-refractivity contribution in [2.75, 3.05) is 13.2 Å². The molecule has 0 radical (unpaired) electrons. The Labute approximate surface area is 168 Å². The molecule has 0 N–H and O–H groups in total. The molecule has 0 aliphatic rings. The van der Waals surface area contributed by atoms with E-state index >= 15 is 0 Å². The van der Waals surface area contributed by atoms with Crippen LogP contribution in [0.25, 0.3) is 0 Å². The minimum absolute atomic E-state index is 0.0414. The van der Waals surface area contributed by atoms with Gasteiger partial charge in [0.05, 0.1) is 0 Å². The summed E-state index contributed by atoms with van der Waals surface area (Å²) in [4.78, 5) is 24.4. The van der Waals surface area contributed by atoms with Gasteiger partial charge < -0.3 is 14.0 Å². The average molecular weight is 395 g/mol. The molecule has 0 bridgehead atoms. The minimum Gasteiger partial charge on any atom is -0.479 e. The number of ketones is 1. The van der Waals surface area contributed by atoms with Crippen molar-refractivity contribution in [2.24, 2.45) is 0 Å². The van der Waals surface area contributed by atoms with Crippen LogP contribution < -0.4 is 4.74 Å². The van der Waals surface area contributed by atoms with E-state index in [9.17, 15) is 14.0 Å². The molecule has 5 nitrogen and oxygen atoms in total. The van der Waals surface area contributed by atoms with Crippen molar-refractivity contribution in [3.05, 3.63) is 89.0 Å². The van der Waals surface area contributed by atoms with Crippen LogP contribution in [0.5, 0.6) is 5.75 Å². The van der Waals surface area contributed by atoms with Crippen LogP contribution >= 0.6 is 0 Å². The highest BCUT2D eigenvalue weighted by Crippen LogP contribution is 2.18. The lowest BCUT2D eigenvalue weighted by atomic mass is 10.1. The average Bonchev–Trinajstić information content (AvgIpc) is 3.00. The smallest absolute Gasteiger partial charge is 0.344 e. The van der Waals surface area contributed by atoms with Crippen molar-refractivity contribution in [3.63, 3.8) is 0 Å². The van der Waals surface area contributed by atoms with Gasteiger partial charge in [0.1, 0.15) is 0 Å². The summed E-state index contributed by atoms with van der Waals surface area (Å²) >= 11 is 0. The van der Waals surface area contributed by atoms with E-state index in [0.29, 0.717) is 12.1 Å². The number of para-hydroxylation sites is 1. The maximum absolute atomic E-state index is 13.5. The molecule has 0 amide bonds. The van der Waals surface area contributed by atoms with Gasteiger partial charge in [-0.1, -0.05) is 42.5 Å². The van der Waals surface area contributed by atoms with E-state index in [4.69, 9.17) is 9.47 Å². The lowest BCUT2D eigenvalue weighted by Crippen LogP contribution is -2.20. The number of esters is 1. The second-order valence-corrected chi connectivity index (χ2v) is 6.66. The second-order valence-electron chi connectivity index (χ2n) is 6.66. The Balaban J connectivity index is 1.57. The van der Waals surface area contributed by atoms with E-state index < -0.39 is 25.0 Å². The summed E-state index contributed by atoms with van der Waals surface area (Å²) in [6.45, 7) is 3.59. The quantitative estimate of drug-likeness (QED) is 0.426. The highest BCUT2D eigenvalue weighted by Gasteiger charge is 2.18. The Bertz CT molecular complexity index is 1010. The first kappa shape index (κ1) is 20.3. The summed E-state index contributed by atoms with van der Waals surface area (Å²) in [5.74, 6) is -1.64. The van der Waals surface area contributed by atoms with Gasteiger partial charge in [-0.15, -0.1) is 0 Å². The first-order valence-corrected chi connectivity index (χ1v) is 9.22. The topological polar surface area (TPSA) is 57.5 Å². The third-order valence-electron chi connectivity index (χ3n) is 4.60. The van der Waals surface area contributed by atoms with E-state index in [0.717, 1.165) is 17.0 Å². The largest absolute Gasteiger partial charge is 0.479 e. The lowest BCUT2D eigenvalue weighted by molar-refractivity contribution is -0.144. The molecule has 0 aliphatic heterocycles. The summed E-state index contributed by atoms with van der Waals surface area (Å²) in [6.07, 6.45) is 0. The van der Waals surface area contributed by atoms with Gasteiger partial charge in [-0.25, -0.2) is 9.18 Å². The monoisotopic (exact) mass is 395 g/mol. The number of carbonyl (C=O) groups excluding carboxylic acids is 2. The number of rotatable bonds is 8. The van der Waals surface area contributed by atoms with E-state index in [1.807, 2.05) is 48.7 Å². The third kappa shape index (κ3) is 5.10. The number of halogens is 1. The number of Topliss-reactive ketones (excluding diaryl/α,β-unsaturated/α-hetero) is 1. The molecule has 1 aromatic heterocycles. The molecule has 29 heavy (non-hydrogen) atoms. The van der Waals surface area contributed by atoms with Crippen LogP contribution in [0.1, 0.15) is 27.3 Å². The fraction of sp³-hybridized carbons (Fsp3) is 0.217. The number of aromatic nitrogens is 1. The summed E-state index contributed by atoms with van der Waals surface area (Å²) in [7, 11) is 0. The number of ether oxygens (including phenoxy) is 2. The van der Waals surface area contributed by atoms with Crippen molar-refractivity contribution in [1.82, 2.24) is 4.57 Å². The molecule has 0 unspecified atom stereocenters. The van der Waals surface area contributed by atoms with E-state index in [1.165, 1.54) is 18.2 Å². The number of hydrogen-bond acceptors (Lipinski definition) is 4. The Morgan fingerprint density at radius 1 is 0.966 bits per heavy atom. The van der Waals surface area contributed by atoms with Crippen molar-refractivity contribution in [1.29, 1.82) is 0 Å². The van der Waals surface area contributed by atoms with Gasteiger partial charge in [0.25, 0.3) is 0 Å². The van der Waals surface area contributed by atoms with Gasteiger partial charge in [-0.2, -0.15) is 0 Å². The molecule has 0 atom stereocenters. The van der Waals surface area contributed by atoms with Crippen LogP contribution in [-0.4, -0.2) is 29.5 Å². The lowest BCUT2D eigenvalue weighted by Gasteiger charge is -2.10. The number of benzene rings is 2. The van der Waals surface area contributed by atoms with Crippen LogP contribution in [0, 0.1) is 19.7 Å². The van der Waals surface area contributed by atoms with Gasteiger partial charge in [0.15, 0.2) is 24.8 Å². The van der Waals surface area contributed by atoms with Gasteiger partial charge in [0, 0.05) is 23.5 Å². The highest BCUT2D eigenvalue weighted by molar-refractivity contribution is 5.99. The van der Waals surface area contributed by atoms with Crippen LogP contribution in [0.2, 0.25) is 0 Å².